The normalized spacial score (nSPS) is 14.0. The molecule has 1 saturated heterocycles. The Morgan fingerprint density at radius 1 is 0.750 bits per heavy atom. The summed E-state index contributed by atoms with van der Waals surface area (Å²) in [4.78, 5) is 28.7. The second-order valence-electron chi connectivity index (χ2n) is 7.10. The molecule has 5 nitrogen and oxygen atoms in total. The number of carbonyl (C=O) groups is 2. The highest BCUT2D eigenvalue weighted by Crippen LogP contribution is 2.14. The predicted molar refractivity (Wildman–Crippen MR) is 109 cm³/mol. The number of rotatable bonds is 7. The van der Waals surface area contributed by atoms with E-state index in [0.717, 1.165) is 24.2 Å². The largest absolute Gasteiger partial charge is 0.497 e. The van der Waals surface area contributed by atoms with Gasteiger partial charge < -0.3 is 14.5 Å². The van der Waals surface area contributed by atoms with Crippen LogP contribution in [0.3, 0.4) is 0 Å². The summed E-state index contributed by atoms with van der Waals surface area (Å²) in [6.45, 7) is 2.50. The third-order valence-electron chi connectivity index (χ3n) is 5.24. The van der Waals surface area contributed by atoms with Crippen LogP contribution in [0.15, 0.2) is 54.6 Å². The summed E-state index contributed by atoms with van der Waals surface area (Å²) in [5, 5.41) is 0. The molecule has 0 aliphatic carbocycles. The van der Waals surface area contributed by atoms with E-state index in [1.54, 1.807) is 7.11 Å². The molecule has 0 N–H and O–H groups in total. The molecule has 0 atom stereocenters. The topological polar surface area (TPSA) is 49.9 Å². The zero-order valence-electron chi connectivity index (χ0n) is 16.5. The van der Waals surface area contributed by atoms with Crippen molar-refractivity contribution in [3.63, 3.8) is 0 Å². The van der Waals surface area contributed by atoms with Crippen molar-refractivity contribution in [2.75, 3.05) is 33.3 Å². The number of benzene rings is 2. The first kappa shape index (κ1) is 19.9. The zero-order chi connectivity index (χ0) is 19.8. The molecule has 0 aromatic heterocycles. The Kier molecular flexibility index (Phi) is 7.06. The van der Waals surface area contributed by atoms with Gasteiger partial charge in [0.1, 0.15) is 5.75 Å². The zero-order valence-corrected chi connectivity index (χ0v) is 16.5. The molecule has 3 rings (SSSR count). The number of piperazine rings is 1. The summed E-state index contributed by atoms with van der Waals surface area (Å²) >= 11 is 0. The first-order valence-corrected chi connectivity index (χ1v) is 9.88. The van der Waals surface area contributed by atoms with Gasteiger partial charge in [0.2, 0.25) is 11.8 Å². The standard InChI is InChI=1S/C23H28N2O3/c1-28-21-11-7-20(8-12-21)10-14-23(27)25-17-15-24(16-18-25)22(26)13-9-19-5-3-2-4-6-19/h2-8,11-12H,9-10,13-18H2,1H3. The van der Waals surface area contributed by atoms with Crippen LogP contribution >= 0.6 is 0 Å². The van der Waals surface area contributed by atoms with Crippen LogP contribution in [0.2, 0.25) is 0 Å². The molecule has 0 unspecified atom stereocenters. The second-order valence-corrected chi connectivity index (χ2v) is 7.10. The third-order valence-corrected chi connectivity index (χ3v) is 5.24. The van der Waals surface area contributed by atoms with Crippen molar-refractivity contribution < 1.29 is 14.3 Å². The summed E-state index contributed by atoms with van der Waals surface area (Å²) in [6.07, 6.45) is 2.50. The minimum atomic E-state index is 0.159. The number of carbonyl (C=O) groups excluding carboxylic acids is 2. The van der Waals surface area contributed by atoms with E-state index in [0.29, 0.717) is 39.0 Å². The Morgan fingerprint density at radius 3 is 1.68 bits per heavy atom. The lowest BCUT2D eigenvalue weighted by Gasteiger charge is -2.35. The van der Waals surface area contributed by atoms with E-state index in [-0.39, 0.29) is 11.8 Å². The van der Waals surface area contributed by atoms with Crippen molar-refractivity contribution >= 4 is 11.8 Å². The summed E-state index contributed by atoms with van der Waals surface area (Å²) < 4.78 is 5.15. The molecule has 2 aromatic rings. The number of hydrogen-bond donors (Lipinski definition) is 0. The molecular weight excluding hydrogens is 352 g/mol. The third kappa shape index (κ3) is 5.59. The van der Waals surface area contributed by atoms with Crippen LogP contribution < -0.4 is 4.74 Å². The van der Waals surface area contributed by atoms with Gasteiger partial charge in [0, 0.05) is 39.0 Å². The lowest BCUT2D eigenvalue weighted by Crippen LogP contribution is -2.50. The maximum atomic E-state index is 12.5. The van der Waals surface area contributed by atoms with Gasteiger partial charge in [0.05, 0.1) is 7.11 Å². The molecule has 0 radical (unpaired) electrons. The smallest absolute Gasteiger partial charge is 0.223 e. The fourth-order valence-electron chi connectivity index (χ4n) is 3.46. The molecular formula is C23H28N2O3. The number of aryl methyl sites for hydroxylation is 2. The SMILES string of the molecule is COc1ccc(CCC(=O)N2CCN(C(=O)CCc3ccccc3)CC2)cc1. The highest BCUT2D eigenvalue weighted by molar-refractivity contribution is 5.78. The van der Waals surface area contributed by atoms with E-state index in [1.807, 2.05) is 64.4 Å². The van der Waals surface area contributed by atoms with Crippen molar-refractivity contribution in [2.45, 2.75) is 25.7 Å². The van der Waals surface area contributed by atoms with Crippen molar-refractivity contribution in [3.05, 3.63) is 65.7 Å². The fourth-order valence-corrected chi connectivity index (χ4v) is 3.46. The lowest BCUT2D eigenvalue weighted by atomic mass is 10.1. The van der Waals surface area contributed by atoms with E-state index in [2.05, 4.69) is 0 Å². The van der Waals surface area contributed by atoms with Gasteiger partial charge in [-0.2, -0.15) is 0 Å². The minimum absolute atomic E-state index is 0.159. The predicted octanol–water partition coefficient (Wildman–Crippen LogP) is 2.93. The van der Waals surface area contributed by atoms with Gasteiger partial charge in [-0.05, 0) is 36.1 Å². The van der Waals surface area contributed by atoms with Gasteiger partial charge in [-0.3, -0.25) is 9.59 Å². The highest BCUT2D eigenvalue weighted by Gasteiger charge is 2.23. The molecule has 5 heteroatoms. The first-order chi connectivity index (χ1) is 13.7. The van der Waals surface area contributed by atoms with Gasteiger partial charge in [-0.25, -0.2) is 0 Å². The summed E-state index contributed by atoms with van der Waals surface area (Å²) in [5.74, 6) is 1.16. The first-order valence-electron chi connectivity index (χ1n) is 9.88. The van der Waals surface area contributed by atoms with E-state index in [4.69, 9.17) is 4.74 Å². The number of nitrogens with zero attached hydrogens (tertiary/aromatic N) is 2. The molecule has 0 saturated carbocycles. The van der Waals surface area contributed by atoms with Crippen LogP contribution in [0, 0.1) is 0 Å². The number of ether oxygens (including phenoxy) is 1. The molecule has 2 amide bonds. The number of hydrogen-bond acceptors (Lipinski definition) is 3. The van der Waals surface area contributed by atoms with Crippen molar-refractivity contribution in [1.82, 2.24) is 9.80 Å². The molecule has 28 heavy (non-hydrogen) atoms. The van der Waals surface area contributed by atoms with Crippen molar-refractivity contribution in [1.29, 1.82) is 0 Å². The number of methoxy groups -OCH3 is 1. The molecule has 1 heterocycles. The van der Waals surface area contributed by atoms with Gasteiger partial charge in [-0.15, -0.1) is 0 Å². The Hall–Kier alpha value is -2.82. The van der Waals surface area contributed by atoms with E-state index in [1.165, 1.54) is 5.56 Å². The average molecular weight is 380 g/mol. The molecule has 2 aromatic carbocycles. The fraction of sp³-hybridized carbons (Fsp3) is 0.391. The van der Waals surface area contributed by atoms with Crippen LogP contribution in [0.25, 0.3) is 0 Å². The molecule has 0 bridgehead atoms. The van der Waals surface area contributed by atoms with Gasteiger partial charge >= 0.3 is 0 Å². The van der Waals surface area contributed by atoms with Crippen LogP contribution in [0.4, 0.5) is 0 Å². The van der Waals surface area contributed by atoms with Crippen LogP contribution in [-0.2, 0) is 22.4 Å². The van der Waals surface area contributed by atoms with Crippen LogP contribution in [0.5, 0.6) is 5.75 Å². The average Bonchev–Trinajstić information content (AvgIpc) is 2.77. The monoisotopic (exact) mass is 380 g/mol. The summed E-state index contributed by atoms with van der Waals surface area (Å²) in [5.41, 5.74) is 2.31. The van der Waals surface area contributed by atoms with Gasteiger partial charge in [-0.1, -0.05) is 42.5 Å². The summed E-state index contributed by atoms with van der Waals surface area (Å²) in [6, 6.07) is 17.9. The molecule has 1 aliphatic heterocycles. The second kappa shape index (κ2) is 9.93. The Morgan fingerprint density at radius 2 is 1.21 bits per heavy atom. The van der Waals surface area contributed by atoms with E-state index < -0.39 is 0 Å². The molecule has 0 spiro atoms. The maximum Gasteiger partial charge on any atom is 0.223 e. The van der Waals surface area contributed by atoms with Gasteiger partial charge in [0.25, 0.3) is 0 Å². The molecule has 148 valence electrons. The Balaban J connectivity index is 1.38. The van der Waals surface area contributed by atoms with E-state index >= 15 is 0 Å². The Labute approximate surface area is 166 Å². The van der Waals surface area contributed by atoms with Crippen molar-refractivity contribution in [3.8, 4) is 5.75 Å². The number of amides is 2. The Bertz CT molecular complexity index is 766. The van der Waals surface area contributed by atoms with E-state index in [9.17, 15) is 9.59 Å². The minimum Gasteiger partial charge on any atom is -0.497 e. The molecule has 1 aliphatic rings. The van der Waals surface area contributed by atoms with Gasteiger partial charge in [0.15, 0.2) is 0 Å². The maximum absolute atomic E-state index is 12.5. The summed E-state index contributed by atoms with van der Waals surface area (Å²) in [7, 11) is 1.64. The quantitative estimate of drug-likeness (QED) is 0.742. The highest BCUT2D eigenvalue weighted by atomic mass is 16.5. The molecule has 1 fully saturated rings. The van der Waals surface area contributed by atoms with Crippen LogP contribution in [0.1, 0.15) is 24.0 Å². The lowest BCUT2D eigenvalue weighted by molar-refractivity contribution is -0.139. The van der Waals surface area contributed by atoms with Crippen molar-refractivity contribution in [2.24, 2.45) is 0 Å². The van der Waals surface area contributed by atoms with Crippen LogP contribution in [-0.4, -0.2) is 54.9 Å².